The summed E-state index contributed by atoms with van der Waals surface area (Å²) < 4.78 is 23.2. The van der Waals surface area contributed by atoms with E-state index in [0.29, 0.717) is 10.2 Å². The lowest BCUT2D eigenvalue weighted by atomic mass is 10.2. The van der Waals surface area contributed by atoms with Gasteiger partial charge in [-0.3, -0.25) is 0 Å². The van der Waals surface area contributed by atoms with E-state index in [0.717, 1.165) is 6.07 Å². The van der Waals surface area contributed by atoms with Gasteiger partial charge in [0, 0.05) is 10.2 Å². The lowest BCUT2D eigenvalue weighted by molar-refractivity contribution is -0.0274. The van der Waals surface area contributed by atoms with Crippen LogP contribution in [0.15, 0.2) is 18.2 Å². The molecule has 1 aromatic rings. The minimum atomic E-state index is -0.583. The quantitative estimate of drug-likeness (QED) is 0.370. The van der Waals surface area contributed by atoms with E-state index in [2.05, 4.69) is 0 Å². The van der Waals surface area contributed by atoms with Crippen LogP contribution in [-0.2, 0) is 9.47 Å². The van der Waals surface area contributed by atoms with Crippen LogP contribution in [0.3, 0.4) is 0 Å². The smallest absolute Gasteiger partial charge is 0.340 e. The van der Waals surface area contributed by atoms with Crippen LogP contribution in [0.2, 0.25) is 0 Å². The standard InChI is InChI=1S/C10H10FIO3/c1-2-14-6-15-10(13)7-3-8(11)5-9(12)4-7/h3-5H,2,6H2,1H3. The summed E-state index contributed by atoms with van der Waals surface area (Å²) in [5.41, 5.74) is 0.194. The molecule has 0 N–H and O–H groups in total. The van der Waals surface area contributed by atoms with Gasteiger partial charge in [0.2, 0.25) is 0 Å². The van der Waals surface area contributed by atoms with Crippen LogP contribution in [0.1, 0.15) is 17.3 Å². The fourth-order valence-electron chi connectivity index (χ4n) is 0.934. The lowest BCUT2D eigenvalue weighted by Gasteiger charge is -2.04. The van der Waals surface area contributed by atoms with Gasteiger partial charge in [0.25, 0.3) is 0 Å². The first-order chi connectivity index (χ1) is 7.13. The van der Waals surface area contributed by atoms with Crippen LogP contribution in [-0.4, -0.2) is 19.4 Å². The first-order valence-corrected chi connectivity index (χ1v) is 5.42. The van der Waals surface area contributed by atoms with E-state index in [1.165, 1.54) is 6.07 Å². The molecule has 0 saturated heterocycles. The summed E-state index contributed by atoms with van der Waals surface area (Å²) in [5, 5.41) is 0. The van der Waals surface area contributed by atoms with E-state index in [4.69, 9.17) is 9.47 Å². The van der Waals surface area contributed by atoms with Crippen LogP contribution in [0.25, 0.3) is 0 Å². The van der Waals surface area contributed by atoms with Gasteiger partial charge in [-0.25, -0.2) is 9.18 Å². The molecule has 0 spiro atoms. The number of ether oxygens (including phenoxy) is 2. The minimum absolute atomic E-state index is 0.109. The molecule has 0 aliphatic carbocycles. The topological polar surface area (TPSA) is 35.5 Å². The van der Waals surface area contributed by atoms with E-state index in [-0.39, 0.29) is 12.4 Å². The van der Waals surface area contributed by atoms with Crippen LogP contribution in [0.4, 0.5) is 4.39 Å². The summed E-state index contributed by atoms with van der Waals surface area (Å²) in [5.74, 6) is -1.04. The predicted molar refractivity (Wildman–Crippen MR) is 61.0 cm³/mol. The van der Waals surface area contributed by atoms with Gasteiger partial charge >= 0.3 is 5.97 Å². The number of carbonyl (C=O) groups excluding carboxylic acids is 1. The second kappa shape index (κ2) is 6.02. The molecule has 15 heavy (non-hydrogen) atoms. The maximum absolute atomic E-state index is 12.9. The van der Waals surface area contributed by atoms with Crippen molar-refractivity contribution >= 4 is 28.6 Å². The minimum Gasteiger partial charge on any atom is -0.435 e. The maximum Gasteiger partial charge on any atom is 0.340 e. The number of benzene rings is 1. The molecule has 0 bridgehead atoms. The van der Waals surface area contributed by atoms with Crippen molar-refractivity contribution in [1.29, 1.82) is 0 Å². The molecule has 1 rings (SSSR count). The number of halogens is 2. The molecule has 0 atom stereocenters. The molecule has 0 amide bonds. The van der Waals surface area contributed by atoms with Gasteiger partial charge in [0.15, 0.2) is 6.79 Å². The van der Waals surface area contributed by atoms with Gasteiger partial charge in [0.1, 0.15) is 5.82 Å². The third kappa shape index (κ3) is 4.13. The Morgan fingerprint density at radius 2 is 2.20 bits per heavy atom. The van der Waals surface area contributed by atoms with Crippen LogP contribution < -0.4 is 0 Å². The largest absolute Gasteiger partial charge is 0.435 e. The molecule has 82 valence electrons. The Hall–Kier alpha value is -0.690. The zero-order valence-electron chi connectivity index (χ0n) is 8.13. The molecule has 0 aliphatic rings. The summed E-state index contributed by atoms with van der Waals surface area (Å²) in [6.07, 6.45) is 0. The van der Waals surface area contributed by atoms with Crippen molar-refractivity contribution in [3.63, 3.8) is 0 Å². The fraction of sp³-hybridized carbons (Fsp3) is 0.300. The first kappa shape index (κ1) is 12.4. The van der Waals surface area contributed by atoms with Crippen molar-refractivity contribution in [2.24, 2.45) is 0 Å². The second-order valence-electron chi connectivity index (χ2n) is 2.70. The average Bonchev–Trinajstić information content (AvgIpc) is 2.16. The Kier molecular flexibility index (Phi) is 4.97. The summed E-state index contributed by atoms with van der Waals surface area (Å²) >= 11 is 1.93. The molecule has 1 aromatic carbocycles. The number of esters is 1. The normalized spacial score (nSPS) is 10.1. The van der Waals surface area contributed by atoms with Crippen molar-refractivity contribution < 1.29 is 18.7 Å². The number of hydrogen-bond donors (Lipinski definition) is 0. The van der Waals surface area contributed by atoms with Gasteiger partial charge in [-0.05, 0) is 47.7 Å². The molecule has 3 nitrogen and oxygen atoms in total. The summed E-state index contributed by atoms with van der Waals surface area (Å²) in [6, 6.07) is 4.02. The monoisotopic (exact) mass is 324 g/mol. The second-order valence-corrected chi connectivity index (χ2v) is 3.95. The van der Waals surface area contributed by atoms with Crippen LogP contribution in [0.5, 0.6) is 0 Å². The molecular formula is C10H10FIO3. The van der Waals surface area contributed by atoms with Crippen LogP contribution >= 0.6 is 22.6 Å². The Morgan fingerprint density at radius 3 is 2.80 bits per heavy atom. The molecule has 0 unspecified atom stereocenters. The summed E-state index contributed by atoms with van der Waals surface area (Å²) in [4.78, 5) is 11.4. The zero-order chi connectivity index (χ0) is 11.3. The Balaban J connectivity index is 2.65. The molecule has 0 heterocycles. The van der Waals surface area contributed by atoms with Crippen molar-refractivity contribution in [1.82, 2.24) is 0 Å². The van der Waals surface area contributed by atoms with Gasteiger partial charge in [0.05, 0.1) is 5.56 Å². The van der Waals surface area contributed by atoms with Crippen LogP contribution in [0, 0.1) is 9.39 Å². The van der Waals surface area contributed by atoms with E-state index < -0.39 is 11.8 Å². The Morgan fingerprint density at radius 1 is 1.47 bits per heavy atom. The highest BCUT2D eigenvalue weighted by atomic mass is 127. The molecule has 5 heteroatoms. The number of rotatable bonds is 4. The van der Waals surface area contributed by atoms with E-state index in [1.54, 1.807) is 13.0 Å². The molecular weight excluding hydrogens is 314 g/mol. The number of carbonyl (C=O) groups is 1. The van der Waals surface area contributed by atoms with Gasteiger partial charge in [-0.15, -0.1) is 0 Å². The molecule has 0 aromatic heterocycles. The van der Waals surface area contributed by atoms with Gasteiger partial charge < -0.3 is 9.47 Å². The van der Waals surface area contributed by atoms with Crippen molar-refractivity contribution in [3.05, 3.63) is 33.1 Å². The van der Waals surface area contributed by atoms with Crippen molar-refractivity contribution in [2.45, 2.75) is 6.92 Å². The van der Waals surface area contributed by atoms with Gasteiger partial charge in [-0.2, -0.15) is 0 Å². The third-order valence-corrected chi connectivity index (χ3v) is 2.20. The van der Waals surface area contributed by atoms with Crippen molar-refractivity contribution in [3.8, 4) is 0 Å². The summed E-state index contributed by atoms with van der Waals surface area (Å²) in [6.45, 7) is 2.15. The maximum atomic E-state index is 12.9. The van der Waals surface area contributed by atoms with Gasteiger partial charge in [-0.1, -0.05) is 0 Å². The highest BCUT2D eigenvalue weighted by Gasteiger charge is 2.09. The Bertz CT molecular complexity index is 334. The molecule has 0 aliphatic heterocycles. The van der Waals surface area contributed by atoms with E-state index in [9.17, 15) is 9.18 Å². The predicted octanol–water partition coefficient (Wildman–Crippen LogP) is 2.58. The third-order valence-electron chi connectivity index (χ3n) is 1.58. The fourth-order valence-corrected chi connectivity index (χ4v) is 1.57. The van der Waals surface area contributed by atoms with E-state index in [1.807, 2.05) is 22.6 Å². The average molecular weight is 324 g/mol. The Labute approximate surface area is 101 Å². The highest BCUT2D eigenvalue weighted by molar-refractivity contribution is 14.1. The highest BCUT2D eigenvalue weighted by Crippen LogP contribution is 2.12. The zero-order valence-corrected chi connectivity index (χ0v) is 10.3. The van der Waals surface area contributed by atoms with Crippen molar-refractivity contribution in [2.75, 3.05) is 13.4 Å². The molecule has 0 fully saturated rings. The molecule has 0 saturated carbocycles. The lowest BCUT2D eigenvalue weighted by Crippen LogP contribution is -2.09. The molecule has 0 radical (unpaired) electrons. The number of hydrogen-bond acceptors (Lipinski definition) is 3. The van der Waals surface area contributed by atoms with E-state index >= 15 is 0 Å². The summed E-state index contributed by atoms with van der Waals surface area (Å²) in [7, 11) is 0. The SMILES string of the molecule is CCOCOC(=O)c1cc(F)cc(I)c1. The first-order valence-electron chi connectivity index (χ1n) is 4.34.